The monoisotopic (exact) mass is 253 g/mol. The van der Waals surface area contributed by atoms with Crippen molar-refractivity contribution >= 4 is 11.8 Å². The minimum Gasteiger partial charge on any atom is -0.447 e. The first-order valence-corrected chi connectivity index (χ1v) is 6.33. The molecule has 0 N–H and O–H groups in total. The van der Waals surface area contributed by atoms with Crippen molar-refractivity contribution in [2.24, 2.45) is 0 Å². The van der Waals surface area contributed by atoms with Gasteiger partial charge >= 0.3 is 6.09 Å². The highest BCUT2D eigenvalue weighted by molar-refractivity contribution is 5.90. The van der Waals surface area contributed by atoms with E-state index < -0.39 is 0 Å². The van der Waals surface area contributed by atoms with E-state index in [1.807, 2.05) is 61.5 Å². The van der Waals surface area contributed by atoms with Gasteiger partial charge in [-0.3, -0.25) is 4.90 Å². The standard InChI is InChI=1S/C16H15NO2/c1-12-7-9-14(10-8-12)17-15(11-19-16(17)18)13-5-3-2-4-6-13/h2-10,15H,11H2,1H3. The average Bonchev–Trinajstić information content (AvgIpc) is 2.83. The van der Waals surface area contributed by atoms with E-state index in [2.05, 4.69) is 0 Å². The molecule has 2 aromatic rings. The van der Waals surface area contributed by atoms with E-state index in [9.17, 15) is 4.79 Å². The Bertz CT molecular complexity index is 577. The molecule has 0 radical (unpaired) electrons. The van der Waals surface area contributed by atoms with Crippen molar-refractivity contribution in [3.63, 3.8) is 0 Å². The third kappa shape index (κ3) is 2.19. The minimum atomic E-state index is -0.280. The molecule has 96 valence electrons. The van der Waals surface area contributed by atoms with Crippen LogP contribution in [0.4, 0.5) is 10.5 Å². The lowest BCUT2D eigenvalue weighted by Crippen LogP contribution is -2.27. The Kier molecular flexibility index (Phi) is 2.95. The van der Waals surface area contributed by atoms with Gasteiger partial charge in [-0.15, -0.1) is 0 Å². The number of amides is 1. The van der Waals surface area contributed by atoms with E-state index in [0.717, 1.165) is 11.3 Å². The Morgan fingerprint density at radius 2 is 1.74 bits per heavy atom. The minimum absolute atomic E-state index is 0.0450. The van der Waals surface area contributed by atoms with Crippen LogP contribution in [0.25, 0.3) is 0 Å². The van der Waals surface area contributed by atoms with E-state index in [1.165, 1.54) is 5.56 Å². The number of carbonyl (C=O) groups excluding carboxylic acids is 1. The second-order valence-corrected chi connectivity index (χ2v) is 4.71. The van der Waals surface area contributed by atoms with Crippen molar-refractivity contribution in [3.05, 3.63) is 65.7 Å². The molecule has 1 heterocycles. The number of carbonyl (C=O) groups is 1. The largest absolute Gasteiger partial charge is 0.447 e. The predicted molar refractivity (Wildman–Crippen MR) is 74.2 cm³/mol. The van der Waals surface area contributed by atoms with Gasteiger partial charge < -0.3 is 4.74 Å². The summed E-state index contributed by atoms with van der Waals surface area (Å²) in [6.07, 6.45) is -0.280. The van der Waals surface area contributed by atoms with Gasteiger partial charge in [0.25, 0.3) is 0 Å². The van der Waals surface area contributed by atoms with Crippen molar-refractivity contribution in [1.29, 1.82) is 0 Å². The van der Waals surface area contributed by atoms with Crippen LogP contribution in [0, 0.1) is 6.92 Å². The third-order valence-corrected chi connectivity index (χ3v) is 3.37. The first kappa shape index (κ1) is 11.8. The summed E-state index contributed by atoms with van der Waals surface area (Å²) in [5, 5.41) is 0. The summed E-state index contributed by atoms with van der Waals surface area (Å²) in [6.45, 7) is 2.43. The fourth-order valence-electron chi connectivity index (χ4n) is 2.33. The molecule has 1 saturated heterocycles. The van der Waals surface area contributed by atoms with E-state index >= 15 is 0 Å². The first-order valence-electron chi connectivity index (χ1n) is 6.33. The summed E-state index contributed by atoms with van der Waals surface area (Å²) in [7, 11) is 0. The number of benzene rings is 2. The van der Waals surface area contributed by atoms with Crippen molar-refractivity contribution in [2.75, 3.05) is 11.5 Å². The van der Waals surface area contributed by atoms with Crippen LogP contribution in [0.15, 0.2) is 54.6 Å². The molecule has 3 heteroatoms. The summed E-state index contributed by atoms with van der Waals surface area (Å²) in [6, 6.07) is 17.8. The Hall–Kier alpha value is -2.29. The van der Waals surface area contributed by atoms with Gasteiger partial charge in [-0.1, -0.05) is 48.0 Å². The number of anilines is 1. The van der Waals surface area contributed by atoms with Gasteiger partial charge in [-0.25, -0.2) is 4.79 Å². The molecule has 1 aliphatic heterocycles. The lowest BCUT2D eigenvalue weighted by molar-refractivity contribution is 0.179. The second kappa shape index (κ2) is 4.76. The Morgan fingerprint density at radius 1 is 1.05 bits per heavy atom. The number of hydrogen-bond acceptors (Lipinski definition) is 2. The molecule has 0 aliphatic carbocycles. The van der Waals surface area contributed by atoms with Gasteiger partial charge in [0.1, 0.15) is 6.61 Å². The molecule has 0 saturated carbocycles. The lowest BCUT2D eigenvalue weighted by atomic mass is 10.1. The van der Waals surface area contributed by atoms with Crippen LogP contribution in [-0.4, -0.2) is 12.7 Å². The van der Waals surface area contributed by atoms with Gasteiger partial charge in [0.05, 0.1) is 6.04 Å². The molecule has 1 fully saturated rings. The van der Waals surface area contributed by atoms with Crippen LogP contribution >= 0.6 is 0 Å². The third-order valence-electron chi connectivity index (χ3n) is 3.37. The number of hydrogen-bond donors (Lipinski definition) is 0. The average molecular weight is 253 g/mol. The molecule has 1 unspecified atom stereocenters. The SMILES string of the molecule is Cc1ccc(N2C(=O)OCC2c2ccccc2)cc1. The highest BCUT2D eigenvalue weighted by atomic mass is 16.6. The normalized spacial score (nSPS) is 18.5. The van der Waals surface area contributed by atoms with Gasteiger partial charge in [0.15, 0.2) is 0 Å². The van der Waals surface area contributed by atoms with Gasteiger partial charge in [-0.2, -0.15) is 0 Å². The molecule has 19 heavy (non-hydrogen) atoms. The lowest BCUT2D eigenvalue weighted by Gasteiger charge is -2.21. The molecule has 3 rings (SSSR count). The molecule has 0 spiro atoms. The van der Waals surface area contributed by atoms with Crippen molar-refractivity contribution in [2.45, 2.75) is 13.0 Å². The molecule has 1 aliphatic rings. The van der Waals surface area contributed by atoms with Crippen LogP contribution < -0.4 is 4.90 Å². The smallest absolute Gasteiger partial charge is 0.415 e. The maximum Gasteiger partial charge on any atom is 0.415 e. The van der Waals surface area contributed by atoms with Gasteiger partial charge in [0, 0.05) is 5.69 Å². The van der Waals surface area contributed by atoms with Crippen LogP contribution in [0.1, 0.15) is 17.2 Å². The van der Waals surface area contributed by atoms with Gasteiger partial charge in [-0.05, 0) is 24.6 Å². The van der Waals surface area contributed by atoms with E-state index in [4.69, 9.17) is 4.74 Å². The van der Waals surface area contributed by atoms with Crippen molar-refractivity contribution in [1.82, 2.24) is 0 Å². The highest BCUT2D eigenvalue weighted by Crippen LogP contribution is 2.32. The zero-order valence-electron chi connectivity index (χ0n) is 10.7. The zero-order chi connectivity index (χ0) is 13.2. The second-order valence-electron chi connectivity index (χ2n) is 4.71. The maximum absolute atomic E-state index is 11.9. The maximum atomic E-state index is 11.9. The van der Waals surface area contributed by atoms with Crippen LogP contribution in [-0.2, 0) is 4.74 Å². The fraction of sp³-hybridized carbons (Fsp3) is 0.188. The van der Waals surface area contributed by atoms with Crippen molar-refractivity contribution in [3.8, 4) is 0 Å². The van der Waals surface area contributed by atoms with E-state index in [0.29, 0.717) is 6.61 Å². The topological polar surface area (TPSA) is 29.5 Å². The van der Waals surface area contributed by atoms with Crippen LogP contribution in [0.3, 0.4) is 0 Å². The van der Waals surface area contributed by atoms with E-state index in [-0.39, 0.29) is 12.1 Å². The Balaban J connectivity index is 1.97. The number of rotatable bonds is 2. The molecule has 1 atom stereocenters. The molecule has 0 bridgehead atoms. The number of aryl methyl sites for hydroxylation is 1. The summed E-state index contributed by atoms with van der Waals surface area (Å²) < 4.78 is 5.20. The summed E-state index contributed by atoms with van der Waals surface area (Å²) in [4.78, 5) is 13.7. The highest BCUT2D eigenvalue weighted by Gasteiger charge is 2.35. The summed E-state index contributed by atoms with van der Waals surface area (Å²) in [5.74, 6) is 0. The van der Waals surface area contributed by atoms with E-state index in [1.54, 1.807) is 4.90 Å². The Labute approximate surface area is 112 Å². The number of ether oxygens (including phenoxy) is 1. The molecule has 1 amide bonds. The van der Waals surface area contributed by atoms with Crippen LogP contribution in [0.2, 0.25) is 0 Å². The fourth-order valence-corrected chi connectivity index (χ4v) is 2.33. The van der Waals surface area contributed by atoms with Crippen LogP contribution in [0.5, 0.6) is 0 Å². The summed E-state index contributed by atoms with van der Waals surface area (Å²) >= 11 is 0. The molecular weight excluding hydrogens is 238 g/mol. The zero-order valence-corrected chi connectivity index (χ0v) is 10.7. The first-order chi connectivity index (χ1) is 9.25. The molecule has 0 aromatic heterocycles. The number of nitrogens with zero attached hydrogens (tertiary/aromatic N) is 1. The Morgan fingerprint density at radius 3 is 2.42 bits per heavy atom. The predicted octanol–water partition coefficient (Wildman–Crippen LogP) is 3.69. The molecular formula is C16H15NO2. The van der Waals surface area contributed by atoms with Gasteiger partial charge in [0.2, 0.25) is 0 Å². The molecule has 2 aromatic carbocycles. The molecule has 3 nitrogen and oxygen atoms in total. The summed E-state index contributed by atoms with van der Waals surface area (Å²) in [5.41, 5.74) is 3.14. The number of cyclic esters (lactones) is 1. The quantitative estimate of drug-likeness (QED) is 0.816. The van der Waals surface area contributed by atoms with Crippen molar-refractivity contribution < 1.29 is 9.53 Å².